The number of ether oxygens (including phenoxy) is 1. The second kappa shape index (κ2) is 7.85. The van der Waals surface area contributed by atoms with Crippen LogP contribution in [0.5, 0.6) is 0 Å². The third-order valence-corrected chi connectivity index (χ3v) is 4.19. The van der Waals surface area contributed by atoms with Crippen molar-refractivity contribution in [3.63, 3.8) is 0 Å². The Bertz CT molecular complexity index is 281. The van der Waals surface area contributed by atoms with E-state index in [2.05, 4.69) is 19.2 Å². The summed E-state index contributed by atoms with van der Waals surface area (Å²) in [6.07, 6.45) is 4.55. The largest absolute Gasteiger partial charge is 0.378 e. The highest BCUT2D eigenvalue weighted by Gasteiger charge is 2.25. The minimum absolute atomic E-state index is 0.257. The molecule has 3 N–H and O–H groups in total. The van der Waals surface area contributed by atoms with E-state index in [1.807, 2.05) is 13.8 Å². The van der Waals surface area contributed by atoms with E-state index in [1.54, 1.807) is 0 Å². The smallest absolute Gasteiger partial charge is 0.234 e. The second-order valence-electron chi connectivity index (χ2n) is 6.33. The number of nitrogens with two attached hydrogens (primary N) is 1. The molecule has 0 radical (unpaired) electrons. The molecule has 0 aliphatic heterocycles. The summed E-state index contributed by atoms with van der Waals surface area (Å²) in [7, 11) is 0. The van der Waals surface area contributed by atoms with Crippen molar-refractivity contribution in [1.82, 2.24) is 5.32 Å². The molecule has 1 rings (SSSR count). The van der Waals surface area contributed by atoms with Gasteiger partial charge in [0.15, 0.2) is 0 Å². The molecule has 4 nitrogen and oxygen atoms in total. The fraction of sp³-hybridized carbons (Fsp3) is 0.933. The molecule has 112 valence electrons. The summed E-state index contributed by atoms with van der Waals surface area (Å²) < 4.78 is 5.92. The van der Waals surface area contributed by atoms with E-state index in [4.69, 9.17) is 10.5 Å². The Labute approximate surface area is 117 Å². The van der Waals surface area contributed by atoms with Gasteiger partial charge in [-0.05, 0) is 37.5 Å². The van der Waals surface area contributed by atoms with Crippen LogP contribution >= 0.6 is 0 Å². The second-order valence-corrected chi connectivity index (χ2v) is 6.33. The zero-order chi connectivity index (χ0) is 14.4. The number of nitrogens with one attached hydrogen (secondary N) is 1. The van der Waals surface area contributed by atoms with Gasteiger partial charge in [-0.2, -0.15) is 0 Å². The summed E-state index contributed by atoms with van der Waals surface area (Å²) >= 11 is 0. The Kier molecular flexibility index (Phi) is 6.80. The molecule has 0 bridgehead atoms. The van der Waals surface area contributed by atoms with Crippen molar-refractivity contribution in [2.24, 2.45) is 17.6 Å². The molecule has 0 aromatic carbocycles. The summed E-state index contributed by atoms with van der Waals surface area (Å²) in [6, 6.07) is -0.0204. The van der Waals surface area contributed by atoms with Gasteiger partial charge in [-0.3, -0.25) is 4.79 Å². The van der Waals surface area contributed by atoms with Crippen LogP contribution in [0.4, 0.5) is 0 Å². The van der Waals surface area contributed by atoms with Gasteiger partial charge in [0.25, 0.3) is 0 Å². The van der Waals surface area contributed by atoms with Crippen molar-refractivity contribution in [3.8, 4) is 0 Å². The molecule has 1 saturated carbocycles. The normalized spacial score (nSPS) is 29.4. The Morgan fingerprint density at radius 2 is 2.00 bits per heavy atom. The number of primary amides is 1. The molecule has 19 heavy (non-hydrogen) atoms. The molecule has 4 unspecified atom stereocenters. The standard InChI is InChI=1S/C15H30N2O2/c1-10(2)17-14(15(16)18)7-8-19-13-6-5-11(3)12(4)9-13/h10-14,17H,5-9H2,1-4H3,(H2,16,18). The topological polar surface area (TPSA) is 64.3 Å². The average Bonchev–Trinajstić information content (AvgIpc) is 2.31. The maximum atomic E-state index is 11.3. The minimum atomic E-state index is -0.289. The monoisotopic (exact) mass is 270 g/mol. The van der Waals surface area contributed by atoms with Gasteiger partial charge in [0.05, 0.1) is 12.1 Å². The predicted octanol–water partition coefficient (Wildman–Crippen LogP) is 2.07. The molecule has 4 atom stereocenters. The van der Waals surface area contributed by atoms with Gasteiger partial charge in [0.2, 0.25) is 5.91 Å². The lowest BCUT2D eigenvalue weighted by atomic mass is 9.80. The summed E-state index contributed by atoms with van der Waals surface area (Å²) in [5, 5.41) is 3.18. The van der Waals surface area contributed by atoms with Gasteiger partial charge in [-0.1, -0.05) is 27.7 Å². The van der Waals surface area contributed by atoms with Crippen molar-refractivity contribution in [3.05, 3.63) is 0 Å². The lowest BCUT2D eigenvalue weighted by molar-refractivity contribution is -0.121. The van der Waals surface area contributed by atoms with E-state index in [-0.39, 0.29) is 18.0 Å². The van der Waals surface area contributed by atoms with Crippen molar-refractivity contribution in [2.45, 2.75) is 71.6 Å². The van der Waals surface area contributed by atoms with Crippen molar-refractivity contribution < 1.29 is 9.53 Å². The van der Waals surface area contributed by atoms with Crippen LogP contribution in [-0.4, -0.2) is 30.7 Å². The lowest BCUT2D eigenvalue weighted by Gasteiger charge is -2.32. The fourth-order valence-electron chi connectivity index (χ4n) is 2.71. The summed E-state index contributed by atoms with van der Waals surface area (Å²) in [4.78, 5) is 11.3. The van der Waals surface area contributed by atoms with Gasteiger partial charge in [-0.15, -0.1) is 0 Å². The third-order valence-electron chi connectivity index (χ3n) is 4.19. The van der Waals surface area contributed by atoms with Crippen molar-refractivity contribution in [1.29, 1.82) is 0 Å². The maximum absolute atomic E-state index is 11.3. The van der Waals surface area contributed by atoms with Crippen LogP contribution in [-0.2, 0) is 9.53 Å². The van der Waals surface area contributed by atoms with Crippen LogP contribution in [0.2, 0.25) is 0 Å². The molecule has 0 aromatic rings. The molecule has 1 aliphatic rings. The van der Waals surface area contributed by atoms with Gasteiger partial charge < -0.3 is 15.8 Å². The molecular formula is C15H30N2O2. The van der Waals surface area contributed by atoms with E-state index >= 15 is 0 Å². The molecular weight excluding hydrogens is 240 g/mol. The lowest BCUT2D eigenvalue weighted by Crippen LogP contribution is -2.45. The molecule has 0 spiro atoms. The number of rotatable bonds is 7. The molecule has 1 amide bonds. The predicted molar refractivity (Wildman–Crippen MR) is 77.8 cm³/mol. The highest BCUT2D eigenvalue weighted by atomic mass is 16.5. The number of amides is 1. The summed E-state index contributed by atoms with van der Waals surface area (Å²) in [5.74, 6) is 1.25. The molecule has 0 heterocycles. The van der Waals surface area contributed by atoms with Gasteiger partial charge in [0, 0.05) is 12.6 Å². The number of carbonyl (C=O) groups excluding carboxylic acids is 1. The zero-order valence-corrected chi connectivity index (χ0v) is 12.8. The van der Waals surface area contributed by atoms with Gasteiger partial charge in [0.1, 0.15) is 0 Å². The van der Waals surface area contributed by atoms with Crippen LogP contribution in [0.25, 0.3) is 0 Å². The Morgan fingerprint density at radius 3 is 2.53 bits per heavy atom. The van der Waals surface area contributed by atoms with Crippen LogP contribution in [0.15, 0.2) is 0 Å². The number of hydrogen-bond donors (Lipinski definition) is 2. The van der Waals surface area contributed by atoms with E-state index in [9.17, 15) is 4.79 Å². The van der Waals surface area contributed by atoms with Crippen LogP contribution in [0.3, 0.4) is 0 Å². The highest BCUT2D eigenvalue weighted by molar-refractivity contribution is 5.79. The van der Waals surface area contributed by atoms with Gasteiger partial charge in [-0.25, -0.2) is 0 Å². The summed E-state index contributed by atoms with van der Waals surface area (Å²) in [5.41, 5.74) is 5.39. The van der Waals surface area contributed by atoms with Crippen LogP contribution in [0.1, 0.15) is 53.4 Å². The van der Waals surface area contributed by atoms with Crippen molar-refractivity contribution >= 4 is 5.91 Å². The Morgan fingerprint density at radius 1 is 1.32 bits per heavy atom. The van der Waals surface area contributed by atoms with E-state index < -0.39 is 0 Å². The number of hydrogen-bond acceptors (Lipinski definition) is 3. The van der Waals surface area contributed by atoms with Crippen LogP contribution < -0.4 is 11.1 Å². The maximum Gasteiger partial charge on any atom is 0.234 e. The molecule has 0 saturated heterocycles. The average molecular weight is 270 g/mol. The first-order chi connectivity index (χ1) is 8.90. The van der Waals surface area contributed by atoms with Gasteiger partial charge >= 0.3 is 0 Å². The van der Waals surface area contributed by atoms with E-state index in [0.29, 0.717) is 19.1 Å². The zero-order valence-electron chi connectivity index (χ0n) is 12.8. The minimum Gasteiger partial charge on any atom is -0.378 e. The fourth-order valence-corrected chi connectivity index (χ4v) is 2.71. The first-order valence-electron chi connectivity index (χ1n) is 7.57. The molecule has 0 aromatic heterocycles. The molecule has 1 aliphatic carbocycles. The molecule has 1 fully saturated rings. The first-order valence-corrected chi connectivity index (χ1v) is 7.57. The number of carbonyl (C=O) groups is 1. The summed E-state index contributed by atoms with van der Waals surface area (Å²) in [6.45, 7) is 9.25. The highest BCUT2D eigenvalue weighted by Crippen LogP contribution is 2.30. The molecule has 4 heteroatoms. The third kappa shape index (κ3) is 5.91. The van der Waals surface area contributed by atoms with Crippen molar-refractivity contribution in [2.75, 3.05) is 6.61 Å². The van der Waals surface area contributed by atoms with E-state index in [1.165, 1.54) is 6.42 Å². The quantitative estimate of drug-likeness (QED) is 0.744. The Balaban J connectivity index is 2.26. The van der Waals surface area contributed by atoms with Crippen LogP contribution in [0, 0.1) is 11.8 Å². The SMILES string of the molecule is CC(C)NC(CCOC1CCC(C)C(C)C1)C(N)=O. The first kappa shape index (κ1) is 16.4. The van der Waals surface area contributed by atoms with E-state index in [0.717, 1.165) is 24.7 Å². The Hall–Kier alpha value is -0.610.